The van der Waals surface area contributed by atoms with Crippen LogP contribution in [0.3, 0.4) is 0 Å². The van der Waals surface area contributed by atoms with Gasteiger partial charge in [-0.15, -0.1) is 0 Å². The van der Waals surface area contributed by atoms with E-state index in [1.54, 1.807) is 0 Å². The molecular weight excluding hydrogens is 701 g/mol. The fraction of sp³-hybridized carbons (Fsp3) is 0.943. The fourth-order valence-corrected chi connectivity index (χ4v) is 8.65. The minimum absolute atomic E-state index is 0.236. The van der Waals surface area contributed by atoms with Crippen molar-refractivity contribution in [3.05, 3.63) is 12.2 Å². The predicted molar refractivity (Wildman–Crippen MR) is 251 cm³/mol. The Labute approximate surface area is 358 Å². The normalized spacial score (nSPS) is 14.1. The van der Waals surface area contributed by atoms with Gasteiger partial charge in [0.2, 0.25) is 0 Å². The molecule has 3 N–H and O–H groups in total. The maximum atomic E-state index is 13.6. The molecular formula is C53H104O4. The Hall–Kier alpha value is -0.710. The van der Waals surface area contributed by atoms with Crippen LogP contribution in [0, 0.1) is 0 Å². The Morgan fingerprint density at radius 3 is 0.877 bits per heavy atom. The summed E-state index contributed by atoms with van der Waals surface area (Å²) in [5.41, 5.74) is -2.05. The second-order valence-corrected chi connectivity index (χ2v) is 18.4. The lowest BCUT2D eigenvalue weighted by molar-refractivity contribution is -0.174. The van der Waals surface area contributed by atoms with E-state index in [-0.39, 0.29) is 12.2 Å². The summed E-state index contributed by atoms with van der Waals surface area (Å²) in [6.45, 7) is 6.82. The van der Waals surface area contributed by atoms with E-state index in [2.05, 4.69) is 32.9 Å². The molecule has 2 unspecified atom stereocenters. The zero-order valence-corrected chi connectivity index (χ0v) is 39.2. The standard InChI is InChI=1S/C53H104O4/c1-4-7-10-13-16-19-22-25-28-31-34-37-40-43-46-49-52(56)53(57,50(54)47-44-41-38-35-32-29-26-23-20-17-14-11-8-5-2)51(55)48-45-42-39-36-33-30-27-24-21-18-15-12-9-6-3/h25,28,50-51,54-55,57H,4-24,26-27,29-49H2,1-3H3. The first-order chi connectivity index (χ1) is 27.9. The van der Waals surface area contributed by atoms with Crippen LogP contribution in [0.2, 0.25) is 0 Å². The summed E-state index contributed by atoms with van der Waals surface area (Å²) in [5.74, 6) is -0.351. The monoisotopic (exact) mass is 805 g/mol. The van der Waals surface area contributed by atoms with E-state index < -0.39 is 17.8 Å². The second-order valence-electron chi connectivity index (χ2n) is 18.4. The molecule has 2 atom stereocenters. The number of aliphatic hydroxyl groups excluding tert-OH is 2. The molecule has 0 fully saturated rings. The lowest BCUT2D eigenvalue weighted by atomic mass is 9.79. The fourth-order valence-electron chi connectivity index (χ4n) is 8.65. The average molecular weight is 805 g/mol. The third-order valence-electron chi connectivity index (χ3n) is 12.8. The van der Waals surface area contributed by atoms with Gasteiger partial charge in [-0.25, -0.2) is 0 Å². The molecule has 0 rings (SSSR count). The molecule has 0 spiro atoms. The lowest BCUT2D eigenvalue weighted by Crippen LogP contribution is -2.58. The van der Waals surface area contributed by atoms with Crippen molar-refractivity contribution in [3.8, 4) is 0 Å². The lowest BCUT2D eigenvalue weighted by Gasteiger charge is -2.36. The summed E-state index contributed by atoms with van der Waals surface area (Å²) < 4.78 is 0. The molecule has 4 nitrogen and oxygen atoms in total. The SMILES string of the molecule is CCCCCCCCC=CCCCCCCCC(=O)C(O)(C(O)CCCCCCCCCCCCCCCC)C(O)CCCCCCCCCCCCCCCC. The van der Waals surface area contributed by atoms with Gasteiger partial charge in [-0.05, 0) is 44.9 Å². The van der Waals surface area contributed by atoms with Crippen LogP contribution in [-0.2, 0) is 4.79 Å². The number of hydrogen-bond donors (Lipinski definition) is 3. The zero-order valence-electron chi connectivity index (χ0n) is 39.2. The van der Waals surface area contributed by atoms with Crippen LogP contribution >= 0.6 is 0 Å². The van der Waals surface area contributed by atoms with Crippen LogP contribution < -0.4 is 0 Å². The molecule has 340 valence electrons. The molecule has 0 aliphatic rings. The van der Waals surface area contributed by atoms with E-state index in [9.17, 15) is 20.1 Å². The maximum Gasteiger partial charge on any atom is 0.174 e. The number of allylic oxidation sites excluding steroid dienone is 2. The van der Waals surface area contributed by atoms with E-state index in [0.717, 1.165) is 64.2 Å². The molecule has 0 radical (unpaired) electrons. The van der Waals surface area contributed by atoms with Gasteiger partial charge < -0.3 is 15.3 Å². The second kappa shape index (κ2) is 44.8. The summed E-state index contributed by atoms with van der Waals surface area (Å²) in [7, 11) is 0. The van der Waals surface area contributed by atoms with Crippen molar-refractivity contribution in [3.63, 3.8) is 0 Å². The summed E-state index contributed by atoms with van der Waals surface area (Å²) in [4.78, 5) is 13.6. The number of unbranched alkanes of at least 4 members (excludes halogenated alkanes) is 37. The number of hydrogen-bond acceptors (Lipinski definition) is 4. The largest absolute Gasteiger partial charge is 0.390 e. The Kier molecular flexibility index (Phi) is 44.3. The zero-order chi connectivity index (χ0) is 41.8. The van der Waals surface area contributed by atoms with Gasteiger partial charge in [0.1, 0.15) is 0 Å². The molecule has 0 aromatic rings. The topological polar surface area (TPSA) is 77.8 Å². The van der Waals surface area contributed by atoms with Crippen molar-refractivity contribution < 1.29 is 20.1 Å². The van der Waals surface area contributed by atoms with E-state index in [1.165, 1.54) is 193 Å². The van der Waals surface area contributed by atoms with Crippen molar-refractivity contribution in [1.82, 2.24) is 0 Å². The van der Waals surface area contributed by atoms with E-state index >= 15 is 0 Å². The minimum Gasteiger partial charge on any atom is -0.390 e. The summed E-state index contributed by atoms with van der Waals surface area (Å²) in [6, 6.07) is 0. The van der Waals surface area contributed by atoms with E-state index in [1.807, 2.05) is 0 Å². The third-order valence-corrected chi connectivity index (χ3v) is 12.8. The molecule has 0 heterocycles. The number of ketones is 1. The highest BCUT2D eigenvalue weighted by Crippen LogP contribution is 2.28. The van der Waals surface area contributed by atoms with E-state index in [0.29, 0.717) is 19.3 Å². The number of aliphatic hydroxyl groups is 3. The Morgan fingerprint density at radius 1 is 0.368 bits per heavy atom. The van der Waals surface area contributed by atoms with Gasteiger partial charge in [0, 0.05) is 6.42 Å². The maximum absolute atomic E-state index is 13.6. The average Bonchev–Trinajstić information content (AvgIpc) is 3.21. The van der Waals surface area contributed by atoms with Gasteiger partial charge >= 0.3 is 0 Å². The first-order valence-corrected chi connectivity index (χ1v) is 26.2. The highest BCUT2D eigenvalue weighted by atomic mass is 16.4. The van der Waals surface area contributed by atoms with Gasteiger partial charge in [-0.2, -0.15) is 0 Å². The molecule has 0 aromatic carbocycles. The van der Waals surface area contributed by atoms with Gasteiger partial charge in [0.25, 0.3) is 0 Å². The van der Waals surface area contributed by atoms with Gasteiger partial charge in [-0.3, -0.25) is 4.79 Å². The smallest absolute Gasteiger partial charge is 0.174 e. The van der Waals surface area contributed by atoms with E-state index in [4.69, 9.17) is 0 Å². The van der Waals surface area contributed by atoms with Crippen LogP contribution in [0.15, 0.2) is 12.2 Å². The van der Waals surface area contributed by atoms with Gasteiger partial charge in [-0.1, -0.05) is 264 Å². The van der Waals surface area contributed by atoms with Crippen molar-refractivity contribution >= 4 is 5.78 Å². The molecule has 0 saturated carbocycles. The van der Waals surface area contributed by atoms with Crippen LogP contribution in [0.4, 0.5) is 0 Å². The van der Waals surface area contributed by atoms with Gasteiger partial charge in [0.05, 0.1) is 12.2 Å². The predicted octanol–water partition coefficient (Wildman–Crippen LogP) is 16.8. The first-order valence-electron chi connectivity index (χ1n) is 26.2. The number of carbonyl (C=O) groups is 1. The van der Waals surface area contributed by atoms with Crippen molar-refractivity contribution in [2.75, 3.05) is 0 Å². The number of carbonyl (C=O) groups excluding carboxylic acids is 1. The summed E-state index contributed by atoms with van der Waals surface area (Å²) >= 11 is 0. The van der Waals surface area contributed by atoms with Gasteiger partial charge in [0.15, 0.2) is 11.4 Å². The highest BCUT2D eigenvalue weighted by molar-refractivity contribution is 5.88. The molecule has 0 bridgehead atoms. The molecule has 0 aliphatic carbocycles. The van der Waals surface area contributed by atoms with Crippen LogP contribution in [-0.4, -0.2) is 38.9 Å². The summed E-state index contributed by atoms with van der Waals surface area (Å²) in [6.07, 6.45) is 54.2. The van der Waals surface area contributed by atoms with Crippen molar-refractivity contribution in [1.29, 1.82) is 0 Å². The number of rotatable bonds is 48. The molecule has 0 saturated heterocycles. The van der Waals surface area contributed by atoms with Crippen LogP contribution in [0.1, 0.15) is 303 Å². The van der Waals surface area contributed by atoms with Crippen molar-refractivity contribution in [2.24, 2.45) is 0 Å². The minimum atomic E-state index is -2.05. The molecule has 0 amide bonds. The Balaban J connectivity index is 4.52. The Morgan fingerprint density at radius 2 is 0.596 bits per heavy atom. The van der Waals surface area contributed by atoms with Crippen molar-refractivity contribution in [2.45, 2.75) is 321 Å². The van der Waals surface area contributed by atoms with Crippen LogP contribution in [0.25, 0.3) is 0 Å². The molecule has 57 heavy (non-hydrogen) atoms. The van der Waals surface area contributed by atoms with Crippen LogP contribution in [0.5, 0.6) is 0 Å². The Bertz CT molecular complexity index is 786. The first kappa shape index (κ1) is 56.3. The molecule has 0 aliphatic heterocycles. The molecule has 4 heteroatoms. The molecule has 0 aromatic heterocycles. The highest BCUT2D eigenvalue weighted by Gasteiger charge is 2.47. The third kappa shape index (κ3) is 35.7. The number of Topliss-reactive ketones (excluding diaryl/α,β-unsaturated/α-hetero) is 1. The summed E-state index contributed by atoms with van der Waals surface area (Å²) in [5, 5.41) is 34.4. The quantitative estimate of drug-likeness (QED) is 0.0423.